The number of ether oxygens (including phenoxy) is 1. The number of rotatable bonds is 1. The van der Waals surface area contributed by atoms with Crippen molar-refractivity contribution >= 4 is 11.8 Å². The van der Waals surface area contributed by atoms with Crippen molar-refractivity contribution in [3.63, 3.8) is 0 Å². The van der Waals surface area contributed by atoms with E-state index in [1.807, 2.05) is 9.80 Å². The quantitative estimate of drug-likeness (QED) is 0.717. The van der Waals surface area contributed by atoms with Crippen LogP contribution in [0.3, 0.4) is 0 Å². The molecular weight excluding hydrogens is 282 g/mol. The summed E-state index contributed by atoms with van der Waals surface area (Å²) in [5, 5.41) is 9.17. The maximum atomic E-state index is 12.4. The number of nitrogens with zero attached hydrogens (tertiary/aromatic N) is 3. The molecule has 2 amide bonds. The highest BCUT2D eigenvalue weighted by Crippen LogP contribution is 2.47. The zero-order valence-electron chi connectivity index (χ0n) is 13.1. The predicted octanol–water partition coefficient (Wildman–Crippen LogP) is 0.778. The Labute approximate surface area is 131 Å². The van der Waals surface area contributed by atoms with E-state index in [9.17, 15) is 14.9 Å². The average molecular weight is 305 g/mol. The molecule has 3 rings (SSSR count). The van der Waals surface area contributed by atoms with Crippen LogP contribution in [0.4, 0.5) is 0 Å². The van der Waals surface area contributed by atoms with Crippen molar-refractivity contribution in [3.05, 3.63) is 0 Å². The Balaban J connectivity index is 1.64. The van der Waals surface area contributed by atoms with E-state index in [-0.39, 0.29) is 17.2 Å². The summed E-state index contributed by atoms with van der Waals surface area (Å²) in [6, 6.07) is 2.18. The normalized spacial score (nSPS) is 26.2. The molecule has 0 N–H and O–H groups in total. The van der Waals surface area contributed by atoms with Crippen LogP contribution in [0.5, 0.6) is 0 Å². The lowest BCUT2D eigenvalue weighted by Gasteiger charge is -2.42. The van der Waals surface area contributed by atoms with Crippen LogP contribution in [0.25, 0.3) is 0 Å². The van der Waals surface area contributed by atoms with Gasteiger partial charge in [-0.3, -0.25) is 9.59 Å². The zero-order valence-corrected chi connectivity index (χ0v) is 13.1. The zero-order chi connectivity index (χ0) is 15.8. The largest absolute Gasteiger partial charge is 0.379 e. The summed E-state index contributed by atoms with van der Waals surface area (Å²) in [6.07, 6.45) is 3.07. The van der Waals surface area contributed by atoms with Crippen LogP contribution in [0.2, 0.25) is 0 Å². The van der Waals surface area contributed by atoms with Gasteiger partial charge < -0.3 is 14.5 Å². The Morgan fingerprint density at radius 1 is 1.09 bits per heavy atom. The van der Waals surface area contributed by atoms with Gasteiger partial charge in [0.25, 0.3) is 0 Å². The molecule has 0 aromatic rings. The summed E-state index contributed by atoms with van der Waals surface area (Å²) in [7, 11) is 0. The lowest BCUT2D eigenvalue weighted by molar-refractivity contribution is -0.139. The first-order valence-corrected chi connectivity index (χ1v) is 8.04. The molecule has 0 aromatic carbocycles. The second-order valence-corrected chi connectivity index (χ2v) is 6.98. The first-order valence-electron chi connectivity index (χ1n) is 8.04. The molecule has 0 atom stereocenters. The van der Waals surface area contributed by atoms with Crippen molar-refractivity contribution in [2.75, 3.05) is 39.4 Å². The summed E-state index contributed by atoms with van der Waals surface area (Å²) in [5.74, 6) is 0.0904. The third-order valence-corrected chi connectivity index (χ3v) is 5.37. The molecule has 6 heteroatoms. The number of carbonyl (C=O) groups is 2. The second kappa shape index (κ2) is 5.54. The van der Waals surface area contributed by atoms with Crippen molar-refractivity contribution in [2.24, 2.45) is 10.8 Å². The van der Waals surface area contributed by atoms with E-state index in [0.717, 1.165) is 12.8 Å². The third kappa shape index (κ3) is 2.70. The van der Waals surface area contributed by atoms with Crippen LogP contribution in [0.15, 0.2) is 0 Å². The van der Waals surface area contributed by atoms with Gasteiger partial charge in [0.15, 0.2) is 0 Å². The molecule has 2 saturated heterocycles. The molecule has 22 heavy (non-hydrogen) atoms. The fraction of sp³-hybridized carbons (Fsp3) is 0.812. The molecule has 3 fully saturated rings. The Bertz CT molecular complexity index is 513. The van der Waals surface area contributed by atoms with Crippen molar-refractivity contribution in [1.82, 2.24) is 9.80 Å². The Morgan fingerprint density at radius 2 is 1.77 bits per heavy atom. The van der Waals surface area contributed by atoms with Gasteiger partial charge in [0.05, 0.1) is 19.3 Å². The number of piperidine rings is 1. The number of likely N-dealkylation sites (tertiary alicyclic amines) is 1. The smallest absolute Gasteiger partial charge is 0.243 e. The van der Waals surface area contributed by atoms with Gasteiger partial charge in [0.2, 0.25) is 11.8 Å². The van der Waals surface area contributed by atoms with Crippen molar-refractivity contribution in [3.8, 4) is 6.07 Å². The molecule has 0 unspecified atom stereocenters. The third-order valence-electron chi connectivity index (χ3n) is 5.37. The molecule has 2 aliphatic heterocycles. The van der Waals surface area contributed by atoms with Gasteiger partial charge >= 0.3 is 0 Å². The second-order valence-electron chi connectivity index (χ2n) is 6.98. The van der Waals surface area contributed by atoms with E-state index in [2.05, 4.69) is 6.07 Å². The number of hydrogen-bond acceptors (Lipinski definition) is 4. The maximum absolute atomic E-state index is 12.4. The fourth-order valence-corrected chi connectivity index (χ4v) is 3.55. The number of nitriles is 1. The van der Waals surface area contributed by atoms with Gasteiger partial charge in [-0.25, -0.2) is 0 Å². The van der Waals surface area contributed by atoms with Gasteiger partial charge in [-0.2, -0.15) is 5.26 Å². The fourth-order valence-electron chi connectivity index (χ4n) is 3.55. The Morgan fingerprint density at radius 3 is 2.32 bits per heavy atom. The maximum Gasteiger partial charge on any atom is 0.243 e. The predicted molar refractivity (Wildman–Crippen MR) is 78.6 cm³/mol. The molecule has 1 saturated carbocycles. The number of hydrogen-bond donors (Lipinski definition) is 0. The van der Waals surface area contributed by atoms with Gasteiger partial charge in [0, 0.05) is 38.5 Å². The van der Waals surface area contributed by atoms with E-state index < -0.39 is 5.41 Å². The highest BCUT2D eigenvalue weighted by Gasteiger charge is 2.53. The Hall–Kier alpha value is -1.61. The summed E-state index contributed by atoms with van der Waals surface area (Å²) in [6.45, 7) is 5.53. The molecule has 1 aliphatic carbocycles. The van der Waals surface area contributed by atoms with Crippen LogP contribution in [0, 0.1) is 22.2 Å². The summed E-state index contributed by atoms with van der Waals surface area (Å²) in [5.41, 5.74) is -0.766. The van der Waals surface area contributed by atoms with Crippen LogP contribution in [0.1, 0.15) is 32.6 Å². The van der Waals surface area contributed by atoms with Crippen LogP contribution in [-0.4, -0.2) is 61.0 Å². The molecule has 2 heterocycles. The molecule has 0 radical (unpaired) electrons. The van der Waals surface area contributed by atoms with Gasteiger partial charge in [-0.15, -0.1) is 0 Å². The molecule has 0 bridgehead atoms. The van der Waals surface area contributed by atoms with E-state index >= 15 is 0 Å². The minimum Gasteiger partial charge on any atom is -0.379 e. The SMILES string of the molecule is CC(=O)N1CCOCC2(CCN(C(=O)C3(C#N)CC3)CC2)C1. The lowest BCUT2D eigenvalue weighted by Crippen LogP contribution is -2.50. The first-order chi connectivity index (χ1) is 10.5. The standard InChI is InChI=1S/C16H23N3O3/c1-13(20)19-8-9-22-12-15(11-19)4-6-18(7-5-15)14(21)16(10-17)2-3-16/h2-9,11-12H2,1H3. The monoisotopic (exact) mass is 305 g/mol. The van der Waals surface area contributed by atoms with Crippen LogP contribution < -0.4 is 0 Å². The molecule has 1 spiro atoms. The van der Waals surface area contributed by atoms with Gasteiger partial charge in [-0.1, -0.05) is 0 Å². The molecular formula is C16H23N3O3. The molecule has 6 nitrogen and oxygen atoms in total. The minimum absolute atomic E-state index is 0.00261. The van der Waals surface area contributed by atoms with E-state index in [1.54, 1.807) is 6.92 Å². The molecule has 120 valence electrons. The van der Waals surface area contributed by atoms with Gasteiger partial charge in [0.1, 0.15) is 5.41 Å². The summed E-state index contributed by atoms with van der Waals surface area (Å²) >= 11 is 0. The van der Waals surface area contributed by atoms with Crippen LogP contribution >= 0.6 is 0 Å². The van der Waals surface area contributed by atoms with Gasteiger partial charge in [-0.05, 0) is 25.7 Å². The highest BCUT2D eigenvalue weighted by atomic mass is 16.5. The lowest BCUT2D eigenvalue weighted by atomic mass is 9.78. The highest BCUT2D eigenvalue weighted by molar-refractivity contribution is 5.88. The molecule has 3 aliphatic rings. The Kier molecular flexibility index (Phi) is 3.85. The van der Waals surface area contributed by atoms with Crippen LogP contribution in [-0.2, 0) is 14.3 Å². The summed E-state index contributed by atoms with van der Waals surface area (Å²) < 4.78 is 5.72. The number of carbonyl (C=O) groups excluding carboxylic acids is 2. The number of amides is 2. The van der Waals surface area contributed by atoms with Crippen molar-refractivity contribution in [2.45, 2.75) is 32.6 Å². The van der Waals surface area contributed by atoms with E-state index in [1.165, 1.54) is 0 Å². The van der Waals surface area contributed by atoms with Crippen molar-refractivity contribution in [1.29, 1.82) is 5.26 Å². The van der Waals surface area contributed by atoms with E-state index in [0.29, 0.717) is 52.2 Å². The minimum atomic E-state index is -0.726. The topological polar surface area (TPSA) is 73.6 Å². The average Bonchev–Trinajstić information content (AvgIpc) is 3.32. The van der Waals surface area contributed by atoms with E-state index in [4.69, 9.17) is 4.74 Å². The first kappa shape index (κ1) is 15.3. The molecule has 0 aromatic heterocycles. The van der Waals surface area contributed by atoms with Crippen molar-refractivity contribution < 1.29 is 14.3 Å². The summed E-state index contributed by atoms with van der Waals surface area (Å²) in [4.78, 5) is 27.8.